The van der Waals surface area contributed by atoms with Crippen molar-refractivity contribution in [1.82, 2.24) is 10.6 Å². The quantitative estimate of drug-likeness (QED) is 0.886. The van der Waals surface area contributed by atoms with Gasteiger partial charge in [0.15, 0.2) is 5.96 Å². The van der Waals surface area contributed by atoms with Gasteiger partial charge in [0.2, 0.25) is 0 Å². The van der Waals surface area contributed by atoms with Crippen LogP contribution in [0.5, 0.6) is 0 Å². The molecule has 0 bridgehead atoms. The Kier molecular flexibility index (Phi) is 4.24. The average Bonchev–Trinajstić information content (AvgIpc) is 2.92. The molecule has 3 nitrogen and oxygen atoms in total. The third-order valence-electron chi connectivity index (χ3n) is 4.42. The Labute approximate surface area is 121 Å². The van der Waals surface area contributed by atoms with Gasteiger partial charge in [-0.3, -0.25) is 4.99 Å². The third kappa shape index (κ3) is 3.33. The monoisotopic (exact) mass is 271 g/mol. The molecular weight excluding hydrogens is 246 g/mol. The van der Waals surface area contributed by atoms with Crippen LogP contribution in [-0.4, -0.2) is 18.5 Å². The molecule has 0 saturated heterocycles. The number of nitrogens with zero attached hydrogens (tertiary/aromatic N) is 1. The van der Waals surface area contributed by atoms with Crippen LogP contribution in [0, 0.1) is 0 Å². The van der Waals surface area contributed by atoms with Crippen molar-refractivity contribution < 1.29 is 0 Å². The van der Waals surface area contributed by atoms with E-state index in [2.05, 4.69) is 46.8 Å². The van der Waals surface area contributed by atoms with Gasteiger partial charge in [-0.15, -0.1) is 0 Å². The van der Waals surface area contributed by atoms with Crippen molar-refractivity contribution in [3.05, 3.63) is 35.4 Å². The fraction of sp³-hybridized carbons (Fsp3) is 0.588. The molecule has 0 spiro atoms. The molecule has 3 rings (SSSR count). The normalized spacial score (nSPS) is 23.2. The summed E-state index contributed by atoms with van der Waals surface area (Å²) in [4.78, 5) is 4.42. The molecule has 108 valence electrons. The Morgan fingerprint density at radius 2 is 1.90 bits per heavy atom. The second kappa shape index (κ2) is 6.29. The lowest BCUT2D eigenvalue weighted by molar-refractivity contribution is 0.443. The van der Waals surface area contributed by atoms with Crippen LogP contribution in [0.2, 0.25) is 0 Å². The van der Waals surface area contributed by atoms with Crippen molar-refractivity contribution in [1.29, 1.82) is 0 Å². The molecular formula is C17H25N3. The predicted octanol–water partition coefficient (Wildman–Crippen LogP) is 3.17. The number of aliphatic imine (C=N–C) groups is 1. The van der Waals surface area contributed by atoms with E-state index in [1.54, 1.807) is 0 Å². The van der Waals surface area contributed by atoms with Gasteiger partial charge < -0.3 is 10.6 Å². The summed E-state index contributed by atoms with van der Waals surface area (Å²) in [5.41, 5.74) is 2.85. The fourth-order valence-corrected chi connectivity index (χ4v) is 3.19. The van der Waals surface area contributed by atoms with Crippen LogP contribution >= 0.6 is 0 Å². The molecule has 1 unspecified atom stereocenters. The summed E-state index contributed by atoms with van der Waals surface area (Å²) in [6.07, 6.45) is 6.97. The molecule has 1 saturated carbocycles. The van der Waals surface area contributed by atoms with Gasteiger partial charge in [0.25, 0.3) is 0 Å². The minimum atomic E-state index is 0.464. The lowest BCUT2D eigenvalue weighted by atomic mass is 9.84. The zero-order valence-corrected chi connectivity index (χ0v) is 12.4. The topological polar surface area (TPSA) is 36.4 Å². The molecule has 3 heteroatoms. The highest BCUT2D eigenvalue weighted by atomic mass is 15.2. The Balaban J connectivity index is 1.53. The van der Waals surface area contributed by atoms with Crippen LogP contribution in [0.25, 0.3) is 0 Å². The molecule has 20 heavy (non-hydrogen) atoms. The minimum absolute atomic E-state index is 0.464. The van der Waals surface area contributed by atoms with Crippen LogP contribution in [0.4, 0.5) is 0 Å². The highest BCUT2D eigenvalue weighted by molar-refractivity contribution is 5.81. The van der Waals surface area contributed by atoms with Gasteiger partial charge in [-0.25, -0.2) is 0 Å². The van der Waals surface area contributed by atoms with Crippen molar-refractivity contribution in [2.75, 3.05) is 6.54 Å². The fourth-order valence-electron chi connectivity index (χ4n) is 3.19. The Morgan fingerprint density at radius 1 is 1.15 bits per heavy atom. The maximum atomic E-state index is 4.42. The molecule has 1 aromatic rings. The van der Waals surface area contributed by atoms with Crippen LogP contribution < -0.4 is 10.6 Å². The van der Waals surface area contributed by atoms with Gasteiger partial charge in [0.1, 0.15) is 0 Å². The van der Waals surface area contributed by atoms with Crippen molar-refractivity contribution in [2.24, 2.45) is 4.99 Å². The SMILES string of the molecule is CC1CN=C(NCc2ccc(C3CCCCC3)cc2)N1. The van der Waals surface area contributed by atoms with Gasteiger partial charge in [0.05, 0.1) is 6.54 Å². The van der Waals surface area contributed by atoms with Crippen molar-refractivity contribution in [3.8, 4) is 0 Å². The average molecular weight is 271 g/mol. The molecule has 1 heterocycles. The van der Waals surface area contributed by atoms with E-state index in [0.29, 0.717) is 6.04 Å². The maximum Gasteiger partial charge on any atom is 0.191 e. The summed E-state index contributed by atoms with van der Waals surface area (Å²) in [5.74, 6) is 1.74. The van der Waals surface area contributed by atoms with E-state index >= 15 is 0 Å². The molecule has 2 aliphatic rings. The Bertz CT molecular complexity index is 458. The molecule has 0 radical (unpaired) electrons. The molecule has 2 N–H and O–H groups in total. The summed E-state index contributed by atoms with van der Waals surface area (Å²) in [7, 11) is 0. The van der Waals surface area contributed by atoms with E-state index in [1.807, 2.05) is 0 Å². The van der Waals surface area contributed by atoms with Crippen molar-refractivity contribution >= 4 is 5.96 Å². The molecule has 1 aliphatic carbocycles. The van der Waals surface area contributed by atoms with Crippen molar-refractivity contribution in [2.45, 2.75) is 57.5 Å². The highest BCUT2D eigenvalue weighted by Crippen LogP contribution is 2.32. The van der Waals surface area contributed by atoms with E-state index < -0.39 is 0 Å². The lowest BCUT2D eigenvalue weighted by Crippen LogP contribution is -2.37. The van der Waals surface area contributed by atoms with Crippen LogP contribution in [0.15, 0.2) is 29.3 Å². The number of nitrogens with one attached hydrogen (secondary N) is 2. The molecule has 1 atom stereocenters. The van der Waals surface area contributed by atoms with Gasteiger partial charge in [-0.05, 0) is 36.8 Å². The number of guanidine groups is 1. The van der Waals surface area contributed by atoms with Gasteiger partial charge in [-0.2, -0.15) is 0 Å². The summed E-state index contributed by atoms with van der Waals surface area (Å²) < 4.78 is 0. The summed E-state index contributed by atoms with van der Waals surface area (Å²) in [6, 6.07) is 9.62. The molecule has 0 amide bonds. The zero-order chi connectivity index (χ0) is 13.8. The Hall–Kier alpha value is -1.51. The predicted molar refractivity (Wildman–Crippen MR) is 84.0 cm³/mol. The largest absolute Gasteiger partial charge is 0.352 e. The third-order valence-corrected chi connectivity index (χ3v) is 4.42. The summed E-state index contributed by atoms with van der Waals surface area (Å²) in [5, 5.41) is 6.69. The van der Waals surface area contributed by atoms with E-state index in [0.717, 1.165) is 25.0 Å². The number of benzene rings is 1. The van der Waals surface area contributed by atoms with Crippen LogP contribution in [-0.2, 0) is 6.54 Å². The first-order valence-electron chi connectivity index (χ1n) is 7.95. The standard InChI is InChI=1S/C17H25N3/c1-13-11-18-17(20-13)19-12-14-7-9-16(10-8-14)15-5-3-2-4-6-15/h7-10,13,15H,2-6,11-12H2,1H3,(H2,18,19,20). The molecule has 0 aromatic heterocycles. The first kappa shape index (κ1) is 13.5. The zero-order valence-electron chi connectivity index (χ0n) is 12.4. The number of hydrogen-bond acceptors (Lipinski definition) is 3. The number of rotatable bonds is 3. The Morgan fingerprint density at radius 3 is 2.55 bits per heavy atom. The molecule has 1 aliphatic heterocycles. The van der Waals surface area contributed by atoms with E-state index in [9.17, 15) is 0 Å². The smallest absolute Gasteiger partial charge is 0.191 e. The summed E-state index contributed by atoms with van der Waals surface area (Å²) >= 11 is 0. The first-order valence-corrected chi connectivity index (χ1v) is 7.95. The highest BCUT2D eigenvalue weighted by Gasteiger charge is 2.15. The maximum absolute atomic E-state index is 4.42. The van der Waals surface area contributed by atoms with Crippen LogP contribution in [0.3, 0.4) is 0 Å². The van der Waals surface area contributed by atoms with Crippen LogP contribution in [0.1, 0.15) is 56.1 Å². The second-order valence-electron chi connectivity index (χ2n) is 6.16. The van der Waals surface area contributed by atoms with E-state index in [1.165, 1.54) is 43.2 Å². The number of hydrogen-bond donors (Lipinski definition) is 2. The van der Waals surface area contributed by atoms with Crippen molar-refractivity contribution in [3.63, 3.8) is 0 Å². The minimum Gasteiger partial charge on any atom is -0.352 e. The second-order valence-corrected chi connectivity index (χ2v) is 6.16. The summed E-state index contributed by atoms with van der Waals surface area (Å²) in [6.45, 7) is 3.88. The van der Waals surface area contributed by atoms with Gasteiger partial charge in [-0.1, -0.05) is 43.5 Å². The lowest BCUT2D eigenvalue weighted by Gasteiger charge is -2.22. The molecule has 1 aromatic carbocycles. The molecule has 1 fully saturated rings. The van der Waals surface area contributed by atoms with E-state index in [-0.39, 0.29) is 0 Å². The van der Waals surface area contributed by atoms with Gasteiger partial charge in [0, 0.05) is 12.6 Å². The first-order chi connectivity index (χ1) is 9.81. The van der Waals surface area contributed by atoms with Gasteiger partial charge >= 0.3 is 0 Å². The van der Waals surface area contributed by atoms with E-state index in [4.69, 9.17) is 0 Å².